The molecule has 2 aliphatic rings. The molecule has 4 heteroatoms. The third-order valence-electron chi connectivity index (χ3n) is 3.26. The van der Waals surface area contributed by atoms with Crippen molar-refractivity contribution in [3.05, 3.63) is 35.9 Å². The summed E-state index contributed by atoms with van der Waals surface area (Å²) in [6.07, 6.45) is 4.35. The van der Waals surface area contributed by atoms with Gasteiger partial charge in [0.2, 0.25) is 0 Å². The molecule has 0 fully saturated rings. The van der Waals surface area contributed by atoms with Gasteiger partial charge in [0.15, 0.2) is 6.10 Å². The number of fused-ring (bicyclic) bond motifs is 1. The summed E-state index contributed by atoms with van der Waals surface area (Å²) < 4.78 is 0. The zero-order chi connectivity index (χ0) is 11.8. The van der Waals surface area contributed by atoms with E-state index >= 15 is 0 Å². The van der Waals surface area contributed by atoms with Crippen LogP contribution in [0.5, 0.6) is 0 Å². The van der Waals surface area contributed by atoms with E-state index in [1.54, 1.807) is 0 Å². The number of rotatable bonds is 1. The highest BCUT2D eigenvalue weighted by atomic mass is 16.3. The maximum absolute atomic E-state index is 11.3. The second kappa shape index (κ2) is 3.89. The molecule has 1 amide bonds. The lowest BCUT2D eigenvalue weighted by atomic mass is 10.1. The van der Waals surface area contributed by atoms with Crippen LogP contribution in [0, 0.1) is 0 Å². The average molecular weight is 230 g/mol. The summed E-state index contributed by atoms with van der Waals surface area (Å²) in [6.45, 7) is 1.89. The first-order valence-electron chi connectivity index (χ1n) is 5.78. The Morgan fingerprint density at radius 3 is 3.00 bits per heavy atom. The van der Waals surface area contributed by atoms with Crippen LogP contribution < -0.4 is 10.2 Å². The molecule has 1 unspecified atom stereocenters. The molecule has 0 radical (unpaired) electrons. The number of carbonyl (C=O) groups excluding carboxylic acids is 1. The summed E-state index contributed by atoms with van der Waals surface area (Å²) in [6, 6.07) is 5.72. The van der Waals surface area contributed by atoms with Gasteiger partial charge in [-0.15, -0.1) is 0 Å². The van der Waals surface area contributed by atoms with Gasteiger partial charge < -0.3 is 15.3 Å². The van der Waals surface area contributed by atoms with Gasteiger partial charge in [0, 0.05) is 30.0 Å². The molecule has 1 atom stereocenters. The predicted molar refractivity (Wildman–Crippen MR) is 66.0 cm³/mol. The van der Waals surface area contributed by atoms with E-state index < -0.39 is 6.10 Å². The van der Waals surface area contributed by atoms with Crippen LogP contribution in [0.15, 0.2) is 30.4 Å². The van der Waals surface area contributed by atoms with Gasteiger partial charge in [-0.3, -0.25) is 4.79 Å². The standard InChI is InChI=1S/C13H14N2O2/c16-12-10-5-4-9(8-11(10)14-13(12)17)15-6-2-1-3-7-15/h1-2,4-5,8,12,16H,3,6-7H2,(H,14,17). The quantitative estimate of drug-likeness (QED) is 0.718. The number of nitrogens with one attached hydrogen (secondary N) is 1. The Bertz CT molecular complexity index is 496. The second-order valence-corrected chi connectivity index (χ2v) is 4.37. The van der Waals surface area contributed by atoms with E-state index in [1.165, 1.54) is 0 Å². The van der Waals surface area contributed by atoms with Gasteiger partial charge in [0.05, 0.1) is 0 Å². The molecule has 2 N–H and O–H groups in total. The number of amides is 1. The van der Waals surface area contributed by atoms with Gasteiger partial charge in [-0.1, -0.05) is 18.2 Å². The molecule has 0 saturated heterocycles. The van der Waals surface area contributed by atoms with Crippen molar-refractivity contribution in [2.24, 2.45) is 0 Å². The summed E-state index contributed by atoms with van der Waals surface area (Å²) in [5, 5.41) is 12.3. The summed E-state index contributed by atoms with van der Waals surface area (Å²) >= 11 is 0. The van der Waals surface area contributed by atoms with Crippen LogP contribution >= 0.6 is 0 Å². The van der Waals surface area contributed by atoms with Gasteiger partial charge in [0.25, 0.3) is 5.91 Å². The van der Waals surface area contributed by atoms with Crippen LogP contribution in [0.25, 0.3) is 0 Å². The van der Waals surface area contributed by atoms with E-state index in [-0.39, 0.29) is 5.91 Å². The zero-order valence-electron chi connectivity index (χ0n) is 9.39. The summed E-state index contributed by atoms with van der Waals surface area (Å²) in [4.78, 5) is 13.6. The topological polar surface area (TPSA) is 52.6 Å². The Kier molecular flexibility index (Phi) is 2.37. The molecule has 0 saturated carbocycles. The lowest BCUT2D eigenvalue weighted by Gasteiger charge is -2.26. The Balaban J connectivity index is 1.92. The van der Waals surface area contributed by atoms with E-state index in [0.717, 1.165) is 30.9 Å². The first kappa shape index (κ1) is 10.4. The molecule has 88 valence electrons. The highest BCUT2D eigenvalue weighted by Gasteiger charge is 2.28. The lowest BCUT2D eigenvalue weighted by Crippen LogP contribution is -2.26. The van der Waals surface area contributed by atoms with Gasteiger partial charge >= 0.3 is 0 Å². The van der Waals surface area contributed by atoms with Gasteiger partial charge in [-0.05, 0) is 18.6 Å². The van der Waals surface area contributed by atoms with Crippen molar-refractivity contribution < 1.29 is 9.90 Å². The average Bonchev–Trinajstić information content (AvgIpc) is 2.66. The van der Waals surface area contributed by atoms with Crippen molar-refractivity contribution in [3.8, 4) is 0 Å². The van der Waals surface area contributed by atoms with Crippen LogP contribution in [0.1, 0.15) is 18.1 Å². The normalized spacial score (nSPS) is 22.5. The van der Waals surface area contributed by atoms with Crippen LogP contribution in [0.4, 0.5) is 11.4 Å². The van der Waals surface area contributed by atoms with E-state index in [1.807, 2.05) is 18.2 Å². The number of nitrogens with zero attached hydrogens (tertiary/aromatic N) is 1. The van der Waals surface area contributed by atoms with Crippen LogP contribution in [0.2, 0.25) is 0 Å². The van der Waals surface area contributed by atoms with Crippen LogP contribution in [-0.2, 0) is 4.79 Å². The van der Waals surface area contributed by atoms with E-state index in [9.17, 15) is 9.90 Å². The minimum atomic E-state index is -1.01. The number of carbonyl (C=O) groups is 1. The predicted octanol–water partition coefficient (Wildman–Crippen LogP) is 1.44. The molecule has 0 spiro atoms. The molecule has 0 aromatic heterocycles. The Morgan fingerprint density at radius 2 is 2.24 bits per heavy atom. The minimum Gasteiger partial charge on any atom is -0.378 e. The zero-order valence-corrected chi connectivity index (χ0v) is 9.39. The third-order valence-corrected chi connectivity index (χ3v) is 3.26. The molecule has 2 heterocycles. The molecule has 1 aromatic carbocycles. The third kappa shape index (κ3) is 1.70. The van der Waals surface area contributed by atoms with Crippen molar-refractivity contribution in [2.75, 3.05) is 23.3 Å². The highest BCUT2D eigenvalue weighted by Crippen LogP contribution is 2.34. The van der Waals surface area contributed by atoms with Crippen molar-refractivity contribution in [2.45, 2.75) is 12.5 Å². The van der Waals surface area contributed by atoms with Crippen molar-refractivity contribution in [1.29, 1.82) is 0 Å². The molecule has 1 aromatic rings. The molecular weight excluding hydrogens is 216 g/mol. The van der Waals surface area contributed by atoms with Gasteiger partial charge in [-0.2, -0.15) is 0 Å². The molecule has 17 heavy (non-hydrogen) atoms. The lowest BCUT2D eigenvalue weighted by molar-refractivity contribution is -0.123. The Morgan fingerprint density at radius 1 is 1.35 bits per heavy atom. The highest BCUT2D eigenvalue weighted by molar-refractivity contribution is 6.02. The second-order valence-electron chi connectivity index (χ2n) is 4.37. The number of benzene rings is 1. The van der Waals surface area contributed by atoms with Crippen molar-refractivity contribution >= 4 is 17.3 Å². The number of aliphatic hydroxyl groups is 1. The summed E-state index contributed by atoms with van der Waals surface area (Å²) in [5.74, 6) is -0.337. The molecule has 0 aliphatic carbocycles. The summed E-state index contributed by atoms with van der Waals surface area (Å²) in [7, 11) is 0. The van der Waals surface area contributed by atoms with Gasteiger partial charge in [0.1, 0.15) is 0 Å². The Labute approximate surface area is 99.6 Å². The SMILES string of the molecule is O=C1Nc2cc(N3CC=CCC3)ccc2C1O. The number of hydrogen-bond acceptors (Lipinski definition) is 3. The molecular formula is C13H14N2O2. The largest absolute Gasteiger partial charge is 0.378 e. The van der Waals surface area contributed by atoms with E-state index in [2.05, 4.69) is 22.4 Å². The first-order valence-corrected chi connectivity index (χ1v) is 5.78. The maximum atomic E-state index is 11.3. The first-order chi connectivity index (χ1) is 8.25. The fourth-order valence-electron chi connectivity index (χ4n) is 2.31. The van der Waals surface area contributed by atoms with Crippen molar-refractivity contribution in [3.63, 3.8) is 0 Å². The van der Waals surface area contributed by atoms with Crippen LogP contribution in [0.3, 0.4) is 0 Å². The fraction of sp³-hybridized carbons (Fsp3) is 0.308. The van der Waals surface area contributed by atoms with Crippen molar-refractivity contribution in [1.82, 2.24) is 0 Å². The molecule has 3 rings (SSSR count). The minimum absolute atomic E-state index is 0.337. The van der Waals surface area contributed by atoms with E-state index in [0.29, 0.717) is 5.56 Å². The maximum Gasteiger partial charge on any atom is 0.257 e. The van der Waals surface area contributed by atoms with E-state index in [4.69, 9.17) is 0 Å². The number of anilines is 2. The fourth-order valence-corrected chi connectivity index (χ4v) is 2.31. The number of aliphatic hydroxyl groups excluding tert-OH is 1. The molecule has 0 bridgehead atoms. The van der Waals surface area contributed by atoms with Gasteiger partial charge in [-0.25, -0.2) is 0 Å². The Hall–Kier alpha value is -1.81. The smallest absolute Gasteiger partial charge is 0.257 e. The monoisotopic (exact) mass is 230 g/mol. The molecule has 4 nitrogen and oxygen atoms in total. The molecule has 2 aliphatic heterocycles. The van der Waals surface area contributed by atoms with Crippen LogP contribution in [-0.4, -0.2) is 24.1 Å². The number of hydrogen-bond donors (Lipinski definition) is 2. The summed E-state index contributed by atoms with van der Waals surface area (Å²) in [5.41, 5.74) is 2.49.